The quantitative estimate of drug-likeness (QED) is 0.437. The number of rotatable bonds is 7. The maximum atomic E-state index is 5.79. The van der Waals surface area contributed by atoms with Crippen LogP contribution in [0, 0.1) is 0 Å². The van der Waals surface area contributed by atoms with E-state index < -0.39 is 0 Å². The molecule has 0 saturated carbocycles. The van der Waals surface area contributed by atoms with Crippen molar-refractivity contribution >= 4 is 33.7 Å². The smallest absolute Gasteiger partial charge is 0.189 e. The molecule has 0 heterocycles. The Bertz CT molecular complexity index is 460. The minimum absolute atomic E-state index is 0.0431. The lowest BCUT2D eigenvalue weighted by Crippen LogP contribution is -2.45. The molecule has 118 valence electrons. The van der Waals surface area contributed by atoms with Crippen molar-refractivity contribution in [2.75, 3.05) is 24.7 Å². The summed E-state index contributed by atoms with van der Waals surface area (Å²) in [4.78, 5) is 4.29. The van der Waals surface area contributed by atoms with Gasteiger partial charge >= 0.3 is 0 Å². The van der Waals surface area contributed by atoms with Crippen LogP contribution < -0.4 is 15.8 Å². The van der Waals surface area contributed by atoms with Crippen LogP contribution in [0.15, 0.2) is 33.7 Å². The third kappa shape index (κ3) is 9.63. The van der Waals surface area contributed by atoms with Gasteiger partial charge in [-0.3, -0.25) is 4.99 Å². The van der Waals surface area contributed by atoms with Crippen molar-refractivity contribution in [3.63, 3.8) is 0 Å². The number of thioether (sulfide) groups is 1. The van der Waals surface area contributed by atoms with E-state index in [1.807, 2.05) is 36.0 Å². The lowest BCUT2D eigenvalue weighted by Gasteiger charge is -2.20. The summed E-state index contributed by atoms with van der Waals surface area (Å²) in [6.45, 7) is 7.59. The van der Waals surface area contributed by atoms with E-state index in [2.05, 4.69) is 47.0 Å². The SMILES string of the molecule is CC(C)(C)NC(N)=NCCSCCOc1cccc(Br)c1. The highest BCUT2D eigenvalue weighted by molar-refractivity contribution is 9.10. The van der Waals surface area contributed by atoms with E-state index >= 15 is 0 Å². The Balaban J connectivity index is 2.08. The number of aliphatic imine (C=N–C) groups is 1. The molecular weight excluding hydrogens is 350 g/mol. The van der Waals surface area contributed by atoms with Crippen LogP contribution in [-0.4, -0.2) is 36.2 Å². The number of ether oxygens (including phenoxy) is 1. The normalized spacial score (nSPS) is 12.3. The van der Waals surface area contributed by atoms with Gasteiger partial charge in [-0.2, -0.15) is 11.8 Å². The molecule has 0 fully saturated rings. The Kier molecular flexibility index (Phi) is 7.96. The molecule has 1 rings (SSSR count). The van der Waals surface area contributed by atoms with E-state index in [4.69, 9.17) is 10.5 Å². The van der Waals surface area contributed by atoms with Gasteiger partial charge in [-0.15, -0.1) is 0 Å². The van der Waals surface area contributed by atoms with E-state index in [0.717, 1.165) is 28.3 Å². The standard InChI is InChI=1S/C15H24BrN3OS/c1-15(2,3)19-14(17)18-7-9-21-10-8-20-13-6-4-5-12(16)11-13/h4-6,11H,7-10H2,1-3H3,(H3,17,18,19). The maximum absolute atomic E-state index is 5.79. The van der Waals surface area contributed by atoms with Gasteiger partial charge in [0.05, 0.1) is 13.2 Å². The molecule has 0 amide bonds. The van der Waals surface area contributed by atoms with Gasteiger partial charge < -0.3 is 15.8 Å². The number of nitrogens with two attached hydrogens (primary N) is 1. The predicted molar refractivity (Wildman–Crippen MR) is 96.3 cm³/mol. The van der Waals surface area contributed by atoms with Crippen molar-refractivity contribution in [1.29, 1.82) is 0 Å². The zero-order valence-electron chi connectivity index (χ0n) is 12.9. The third-order valence-electron chi connectivity index (χ3n) is 2.31. The Morgan fingerprint density at radius 3 is 2.81 bits per heavy atom. The molecule has 0 radical (unpaired) electrons. The second-order valence-electron chi connectivity index (χ2n) is 5.56. The van der Waals surface area contributed by atoms with Crippen LogP contribution in [0.1, 0.15) is 20.8 Å². The fraction of sp³-hybridized carbons (Fsp3) is 0.533. The molecular formula is C15H24BrN3OS. The van der Waals surface area contributed by atoms with Crippen molar-refractivity contribution in [2.24, 2.45) is 10.7 Å². The Hall–Kier alpha value is -0.880. The first kappa shape index (κ1) is 18.2. The van der Waals surface area contributed by atoms with Crippen LogP contribution >= 0.6 is 27.7 Å². The fourth-order valence-electron chi connectivity index (χ4n) is 1.53. The van der Waals surface area contributed by atoms with Crippen LogP contribution in [0.4, 0.5) is 0 Å². The molecule has 0 aromatic heterocycles. The molecule has 0 spiro atoms. The molecule has 3 N–H and O–H groups in total. The lowest BCUT2D eigenvalue weighted by molar-refractivity contribution is 0.344. The molecule has 0 saturated heterocycles. The molecule has 0 aliphatic heterocycles. The van der Waals surface area contributed by atoms with Gasteiger partial charge in [-0.1, -0.05) is 22.0 Å². The monoisotopic (exact) mass is 373 g/mol. The zero-order valence-corrected chi connectivity index (χ0v) is 15.3. The summed E-state index contributed by atoms with van der Waals surface area (Å²) in [5, 5.41) is 3.14. The van der Waals surface area contributed by atoms with E-state index in [1.54, 1.807) is 0 Å². The Morgan fingerprint density at radius 2 is 2.14 bits per heavy atom. The fourth-order valence-corrected chi connectivity index (χ4v) is 2.54. The minimum atomic E-state index is -0.0431. The average Bonchev–Trinajstić information content (AvgIpc) is 2.35. The predicted octanol–water partition coefficient (Wildman–Crippen LogP) is 3.26. The molecule has 1 aromatic rings. The third-order valence-corrected chi connectivity index (χ3v) is 3.73. The van der Waals surface area contributed by atoms with Crippen LogP contribution in [0.3, 0.4) is 0 Å². The summed E-state index contributed by atoms with van der Waals surface area (Å²) in [5.41, 5.74) is 5.75. The summed E-state index contributed by atoms with van der Waals surface area (Å²) in [6, 6.07) is 7.87. The molecule has 21 heavy (non-hydrogen) atoms. The van der Waals surface area contributed by atoms with Crippen molar-refractivity contribution in [1.82, 2.24) is 5.32 Å². The molecule has 0 atom stereocenters. The van der Waals surface area contributed by atoms with Gasteiger partial charge in [-0.05, 0) is 39.0 Å². The molecule has 6 heteroatoms. The molecule has 0 bridgehead atoms. The van der Waals surface area contributed by atoms with Crippen LogP contribution in [0.25, 0.3) is 0 Å². The second kappa shape index (κ2) is 9.20. The van der Waals surface area contributed by atoms with Crippen LogP contribution in [-0.2, 0) is 0 Å². The van der Waals surface area contributed by atoms with Crippen LogP contribution in [0.2, 0.25) is 0 Å². The molecule has 0 unspecified atom stereocenters. The van der Waals surface area contributed by atoms with Crippen molar-refractivity contribution < 1.29 is 4.74 Å². The zero-order chi connectivity index (χ0) is 15.7. The van der Waals surface area contributed by atoms with E-state index in [9.17, 15) is 0 Å². The largest absolute Gasteiger partial charge is 0.493 e. The van der Waals surface area contributed by atoms with Gasteiger partial charge in [0.1, 0.15) is 5.75 Å². The molecule has 0 aliphatic carbocycles. The van der Waals surface area contributed by atoms with Gasteiger partial charge in [0, 0.05) is 21.5 Å². The summed E-state index contributed by atoms with van der Waals surface area (Å²) in [6.07, 6.45) is 0. The first-order valence-electron chi connectivity index (χ1n) is 6.91. The second-order valence-corrected chi connectivity index (χ2v) is 7.70. The number of guanidine groups is 1. The van der Waals surface area contributed by atoms with E-state index in [1.165, 1.54) is 0 Å². The van der Waals surface area contributed by atoms with Gasteiger partial charge in [0.2, 0.25) is 0 Å². The number of hydrogen-bond donors (Lipinski definition) is 2. The first-order chi connectivity index (χ1) is 9.87. The van der Waals surface area contributed by atoms with Crippen LogP contribution in [0.5, 0.6) is 5.75 Å². The summed E-state index contributed by atoms with van der Waals surface area (Å²) >= 11 is 5.23. The van der Waals surface area contributed by atoms with Crippen molar-refractivity contribution in [3.05, 3.63) is 28.7 Å². The summed E-state index contributed by atoms with van der Waals surface area (Å²) in [7, 11) is 0. The highest BCUT2D eigenvalue weighted by Gasteiger charge is 2.09. The summed E-state index contributed by atoms with van der Waals surface area (Å²) in [5.74, 6) is 3.28. The Labute approximate surface area is 140 Å². The van der Waals surface area contributed by atoms with Gasteiger partial charge in [0.25, 0.3) is 0 Å². The van der Waals surface area contributed by atoms with Gasteiger partial charge in [0.15, 0.2) is 5.96 Å². The number of halogens is 1. The molecule has 0 aliphatic rings. The number of hydrogen-bond acceptors (Lipinski definition) is 3. The Morgan fingerprint density at radius 1 is 1.38 bits per heavy atom. The lowest BCUT2D eigenvalue weighted by atomic mass is 10.1. The summed E-state index contributed by atoms with van der Waals surface area (Å²) < 4.78 is 6.69. The number of benzene rings is 1. The maximum Gasteiger partial charge on any atom is 0.189 e. The topological polar surface area (TPSA) is 59.6 Å². The first-order valence-corrected chi connectivity index (χ1v) is 8.86. The van der Waals surface area contributed by atoms with E-state index in [-0.39, 0.29) is 5.54 Å². The number of nitrogens with zero attached hydrogens (tertiary/aromatic N) is 1. The van der Waals surface area contributed by atoms with Crippen molar-refractivity contribution in [2.45, 2.75) is 26.3 Å². The number of nitrogens with one attached hydrogen (secondary N) is 1. The average molecular weight is 374 g/mol. The minimum Gasteiger partial charge on any atom is -0.493 e. The van der Waals surface area contributed by atoms with Crippen molar-refractivity contribution in [3.8, 4) is 5.75 Å². The highest BCUT2D eigenvalue weighted by Crippen LogP contribution is 2.17. The highest BCUT2D eigenvalue weighted by atomic mass is 79.9. The van der Waals surface area contributed by atoms with Gasteiger partial charge in [-0.25, -0.2) is 0 Å². The van der Waals surface area contributed by atoms with E-state index in [0.29, 0.717) is 12.6 Å². The molecule has 4 nitrogen and oxygen atoms in total. The molecule has 1 aromatic carbocycles.